The molecule has 2 aromatic rings. The van der Waals surface area contributed by atoms with Crippen molar-refractivity contribution in [2.45, 2.75) is 26.8 Å². The van der Waals surface area contributed by atoms with E-state index in [1.54, 1.807) is 6.20 Å². The molecule has 0 aliphatic carbocycles. The number of aromatic nitrogens is 3. The van der Waals surface area contributed by atoms with E-state index in [2.05, 4.69) is 34.3 Å². The highest BCUT2D eigenvalue weighted by atomic mass is 16.5. The van der Waals surface area contributed by atoms with Crippen molar-refractivity contribution in [2.75, 3.05) is 6.54 Å². The zero-order valence-electron chi connectivity index (χ0n) is 10.8. The third-order valence-electron chi connectivity index (χ3n) is 2.42. The molecular formula is C13H18N4O. The molecule has 1 N–H and O–H groups in total. The van der Waals surface area contributed by atoms with Crippen LogP contribution < -0.4 is 5.32 Å². The number of hydrogen-bond donors (Lipinski definition) is 1. The van der Waals surface area contributed by atoms with Crippen LogP contribution >= 0.6 is 0 Å². The molecule has 0 amide bonds. The van der Waals surface area contributed by atoms with Crippen LogP contribution in [0.25, 0.3) is 0 Å². The van der Waals surface area contributed by atoms with Gasteiger partial charge in [0.15, 0.2) is 5.82 Å². The van der Waals surface area contributed by atoms with Gasteiger partial charge in [-0.25, -0.2) is 0 Å². The van der Waals surface area contributed by atoms with Crippen molar-refractivity contribution in [3.63, 3.8) is 0 Å². The Morgan fingerprint density at radius 1 is 1.39 bits per heavy atom. The fraction of sp³-hybridized carbons (Fsp3) is 0.462. The fourth-order valence-electron chi connectivity index (χ4n) is 1.59. The van der Waals surface area contributed by atoms with Crippen LogP contribution in [0.1, 0.15) is 31.1 Å². The molecule has 0 saturated carbocycles. The third-order valence-corrected chi connectivity index (χ3v) is 2.42. The molecule has 2 heterocycles. The van der Waals surface area contributed by atoms with Gasteiger partial charge in [0.1, 0.15) is 0 Å². The van der Waals surface area contributed by atoms with Crippen molar-refractivity contribution in [2.24, 2.45) is 5.92 Å². The van der Waals surface area contributed by atoms with Crippen LogP contribution in [0.2, 0.25) is 0 Å². The quantitative estimate of drug-likeness (QED) is 0.842. The predicted molar refractivity (Wildman–Crippen MR) is 67.9 cm³/mol. The zero-order chi connectivity index (χ0) is 12.8. The highest BCUT2D eigenvalue weighted by Crippen LogP contribution is 2.05. The lowest BCUT2D eigenvalue weighted by molar-refractivity contribution is 0.360. The van der Waals surface area contributed by atoms with E-state index in [9.17, 15) is 0 Å². The van der Waals surface area contributed by atoms with E-state index in [1.165, 1.54) is 0 Å². The first-order valence-electron chi connectivity index (χ1n) is 6.15. The Balaban J connectivity index is 1.86. The van der Waals surface area contributed by atoms with Gasteiger partial charge < -0.3 is 9.84 Å². The molecule has 0 spiro atoms. The predicted octanol–water partition coefficient (Wildman–Crippen LogP) is 1.80. The lowest BCUT2D eigenvalue weighted by Crippen LogP contribution is -2.19. The second kappa shape index (κ2) is 6.26. The van der Waals surface area contributed by atoms with Crippen LogP contribution in [-0.2, 0) is 13.0 Å². The van der Waals surface area contributed by atoms with Gasteiger partial charge in [0.2, 0.25) is 5.89 Å². The van der Waals surface area contributed by atoms with Gasteiger partial charge in [-0.1, -0.05) is 25.1 Å². The molecule has 0 fully saturated rings. The Labute approximate surface area is 107 Å². The minimum absolute atomic E-state index is 0.614. The summed E-state index contributed by atoms with van der Waals surface area (Å²) >= 11 is 0. The van der Waals surface area contributed by atoms with Crippen molar-refractivity contribution < 1.29 is 4.52 Å². The fourth-order valence-corrected chi connectivity index (χ4v) is 1.59. The number of nitrogens with zero attached hydrogens (tertiary/aromatic N) is 3. The maximum atomic E-state index is 5.17. The molecule has 0 bridgehead atoms. The average Bonchev–Trinajstić information content (AvgIpc) is 2.78. The molecule has 0 atom stereocenters. The van der Waals surface area contributed by atoms with E-state index in [-0.39, 0.29) is 0 Å². The molecule has 2 rings (SSSR count). The van der Waals surface area contributed by atoms with Crippen molar-refractivity contribution in [3.8, 4) is 0 Å². The van der Waals surface area contributed by atoms with Crippen LogP contribution in [0, 0.1) is 5.92 Å². The van der Waals surface area contributed by atoms with E-state index in [1.807, 2.05) is 18.3 Å². The summed E-state index contributed by atoms with van der Waals surface area (Å²) < 4.78 is 5.17. The minimum Gasteiger partial charge on any atom is -0.338 e. The maximum absolute atomic E-state index is 5.17. The van der Waals surface area contributed by atoms with Crippen LogP contribution in [-0.4, -0.2) is 21.7 Å². The smallest absolute Gasteiger partial charge is 0.240 e. The van der Waals surface area contributed by atoms with E-state index >= 15 is 0 Å². The lowest BCUT2D eigenvalue weighted by Gasteiger charge is -2.03. The molecule has 18 heavy (non-hydrogen) atoms. The largest absolute Gasteiger partial charge is 0.338 e. The van der Waals surface area contributed by atoms with E-state index in [0.29, 0.717) is 30.6 Å². The Bertz CT molecular complexity index is 467. The first-order chi connectivity index (χ1) is 8.74. The van der Waals surface area contributed by atoms with Crippen molar-refractivity contribution >= 4 is 0 Å². The van der Waals surface area contributed by atoms with Crippen molar-refractivity contribution in [1.82, 2.24) is 20.4 Å². The lowest BCUT2D eigenvalue weighted by atomic mass is 10.2. The molecule has 0 aliphatic rings. The molecule has 5 nitrogen and oxygen atoms in total. The standard InChI is InChI=1S/C13H18N4O/c1-10(2)7-15-9-13-16-12(17-18-13)6-11-4-3-5-14-8-11/h3-5,8,10,15H,6-7,9H2,1-2H3. The topological polar surface area (TPSA) is 63.8 Å². The summed E-state index contributed by atoms with van der Waals surface area (Å²) in [6, 6.07) is 3.90. The number of rotatable bonds is 6. The normalized spacial score (nSPS) is 11.1. The molecule has 2 aromatic heterocycles. The molecule has 96 valence electrons. The minimum atomic E-state index is 0.614. The summed E-state index contributed by atoms with van der Waals surface area (Å²) in [5, 5.41) is 7.23. The van der Waals surface area contributed by atoms with Gasteiger partial charge in [-0.05, 0) is 24.1 Å². The zero-order valence-corrected chi connectivity index (χ0v) is 10.8. The third kappa shape index (κ3) is 3.92. The SMILES string of the molecule is CC(C)CNCc1nc(Cc2cccnc2)no1. The van der Waals surface area contributed by atoms with Gasteiger partial charge in [0.25, 0.3) is 0 Å². The highest BCUT2D eigenvalue weighted by Gasteiger charge is 2.06. The second-order valence-corrected chi connectivity index (χ2v) is 4.67. The molecule has 0 radical (unpaired) electrons. The molecular weight excluding hydrogens is 228 g/mol. The van der Waals surface area contributed by atoms with Gasteiger partial charge in [0, 0.05) is 18.8 Å². The van der Waals surface area contributed by atoms with Gasteiger partial charge in [0.05, 0.1) is 6.54 Å². The van der Waals surface area contributed by atoms with E-state index in [0.717, 1.165) is 12.1 Å². The summed E-state index contributed by atoms with van der Waals surface area (Å²) in [6.07, 6.45) is 4.22. The summed E-state index contributed by atoms with van der Waals surface area (Å²) in [4.78, 5) is 8.39. The van der Waals surface area contributed by atoms with E-state index in [4.69, 9.17) is 4.52 Å². The van der Waals surface area contributed by atoms with Gasteiger partial charge in [-0.15, -0.1) is 0 Å². The Kier molecular flexibility index (Phi) is 4.41. The second-order valence-electron chi connectivity index (χ2n) is 4.67. The first-order valence-corrected chi connectivity index (χ1v) is 6.15. The summed E-state index contributed by atoms with van der Waals surface area (Å²) in [5.74, 6) is 1.95. The molecule has 0 unspecified atom stereocenters. The van der Waals surface area contributed by atoms with Crippen molar-refractivity contribution in [1.29, 1.82) is 0 Å². The molecule has 0 aliphatic heterocycles. The first kappa shape index (κ1) is 12.7. The van der Waals surface area contributed by atoms with Crippen molar-refractivity contribution in [3.05, 3.63) is 41.8 Å². The van der Waals surface area contributed by atoms with Gasteiger partial charge >= 0.3 is 0 Å². The molecule has 5 heteroatoms. The maximum Gasteiger partial charge on any atom is 0.240 e. The monoisotopic (exact) mass is 246 g/mol. The Hall–Kier alpha value is -1.75. The Morgan fingerprint density at radius 2 is 2.28 bits per heavy atom. The van der Waals surface area contributed by atoms with Crippen LogP contribution in [0.5, 0.6) is 0 Å². The van der Waals surface area contributed by atoms with Crippen LogP contribution in [0.15, 0.2) is 29.0 Å². The Morgan fingerprint density at radius 3 is 3.00 bits per heavy atom. The van der Waals surface area contributed by atoms with Crippen LogP contribution in [0.4, 0.5) is 0 Å². The van der Waals surface area contributed by atoms with Gasteiger partial charge in [-0.3, -0.25) is 4.98 Å². The van der Waals surface area contributed by atoms with E-state index < -0.39 is 0 Å². The van der Waals surface area contributed by atoms with Crippen LogP contribution in [0.3, 0.4) is 0 Å². The van der Waals surface area contributed by atoms with Gasteiger partial charge in [-0.2, -0.15) is 4.98 Å². The summed E-state index contributed by atoms with van der Waals surface area (Å²) in [5.41, 5.74) is 1.08. The number of pyridine rings is 1. The highest BCUT2D eigenvalue weighted by molar-refractivity contribution is 5.13. The molecule has 0 saturated heterocycles. The summed E-state index contributed by atoms with van der Waals surface area (Å²) in [6.45, 7) is 5.89. The molecule has 0 aromatic carbocycles. The average molecular weight is 246 g/mol. The number of nitrogens with one attached hydrogen (secondary N) is 1. The number of hydrogen-bond acceptors (Lipinski definition) is 5. The summed E-state index contributed by atoms with van der Waals surface area (Å²) in [7, 11) is 0.